The van der Waals surface area contributed by atoms with Gasteiger partial charge in [0.15, 0.2) is 8.45 Å². The van der Waals surface area contributed by atoms with E-state index in [4.69, 9.17) is 4.52 Å². The first-order valence-electron chi connectivity index (χ1n) is 10.2. The van der Waals surface area contributed by atoms with E-state index >= 15 is 0 Å². The van der Waals surface area contributed by atoms with Crippen molar-refractivity contribution < 1.29 is 4.52 Å². The van der Waals surface area contributed by atoms with Gasteiger partial charge in [-0.2, -0.15) is 0 Å². The quantitative estimate of drug-likeness (QED) is 0.312. The van der Waals surface area contributed by atoms with Gasteiger partial charge in [0, 0.05) is 24.2 Å². The lowest BCUT2D eigenvalue weighted by Crippen LogP contribution is -2.43. The third-order valence-corrected chi connectivity index (χ3v) is 8.00. The molecule has 0 aliphatic heterocycles. The molecule has 0 saturated heterocycles. The highest BCUT2D eigenvalue weighted by atomic mass is 31.2. The van der Waals surface area contributed by atoms with Gasteiger partial charge in [0.1, 0.15) is 0 Å². The molecule has 0 unspecified atom stereocenters. The molecule has 1 fully saturated rings. The van der Waals surface area contributed by atoms with Crippen molar-refractivity contribution in [2.45, 2.75) is 118 Å². The summed E-state index contributed by atoms with van der Waals surface area (Å²) in [4.78, 5) is 0. The zero-order valence-corrected chi connectivity index (χ0v) is 18.5. The average molecular weight is 359 g/mol. The topological polar surface area (TPSA) is 15.7 Å². The molecule has 0 bridgehead atoms. The van der Waals surface area contributed by atoms with E-state index in [0.29, 0.717) is 24.2 Å². The van der Waals surface area contributed by atoms with Gasteiger partial charge in [-0.05, 0) is 74.1 Å². The molecule has 0 spiro atoms. The molecule has 144 valence electrons. The van der Waals surface area contributed by atoms with Gasteiger partial charge in [0.05, 0.1) is 6.61 Å². The molecular formula is C20H43N2OP. The molecule has 4 heteroatoms. The van der Waals surface area contributed by atoms with Gasteiger partial charge in [-0.1, -0.05) is 25.7 Å². The third kappa shape index (κ3) is 6.90. The molecule has 0 N–H and O–H groups in total. The van der Waals surface area contributed by atoms with Crippen molar-refractivity contribution >= 4 is 8.45 Å². The Morgan fingerprint density at radius 2 is 1.21 bits per heavy atom. The molecule has 0 amide bonds. The van der Waals surface area contributed by atoms with Gasteiger partial charge in [0.2, 0.25) is 0 Å². The van der Waals surface area contributed by atoms with E-state index in [1.54, 1.807) is 0 Å². The zero-order chi connectivity index (χ0) is 18.3. The third-order valence-electron chi connectivity index (χ3n) is 4.95. The number of rotatable bonds is 11. The van der Waals surface area contributed by atoms with Gasteiger partial charge in [-0.25, -0.2) is 9.34 Å². The van der Waals surface area contributed by atoms with Crippen molar-refractivity contribution in [1.82, 2.24) is 9.34 Å². The largest absolute Gasteiger partial charge is 0.331 e. The summed E-state index contributed by atoms with van der Waals surface area (Å²) in [5, 5.41) is 0. The van der Waals surface area contributed by atoms with Crippen molar-refractivity contribution in [1.29, 1.82) is 0 Å². The molecule has 0 aromatic rings. The summed E-state index contributed by atoms with van der Waals surface area (Å²) < 4.78 is 11.8. The SMILES string of the molecule is CC(C)N(C(C)C)P(OCCCC1CCCC1)N(C(C)C)C(C)C. The van der Waals surface area contributed by atoms with Crippen LogP contribution >= 0.6 is 8.45 Å². The minimum atomic E-state index is -0.702. The summed E-state index contributed by atoms with van der Waals surface area (Å²) in [5.41, 5.74) is 0. The number of hydrogen-bond acceptors (Lipinski definition) is 3. The molecule has 0 radical (unpaired) electrons. The lowest BCUT2D eigenvalue weighted by atomic mass is 10.0. The standard InChI is InChI=1S/C20H43N2OP/c1-16(2)21(17(3)4)24(22(18(5)6)19(7)8)23-15-11-14-20-12-9-10-13-20/h16-20H,9-15H2,1-8H3. The summed E-state index contributed by atoms with van der Waals surface area (Å²) in [6.45, 7) is 19.3. The van der Waals surface area contributed by atoms with Gasteiger partial charge < -0.3 is 4.52 Å². The Labute approximate surface area is 153 Å². The maximum Gasteiger partial charge on any atom is 0.188 e. The molecule has 0 heterocycles. The molecule has 1 aliphatic rings. The van der Waals surface area contributed by atoms with Crippen molar-refractivity contribution in [3.63, 3.8) is 0 Å². The summed E-state index contributed by atoms with van der Waals surface area (Å²) in [7, 11) is -0.702. The molecule has 24 heavy (non-hydrogen) atoms. The normalized spacial score (nSPS) is 17.1. The lowest BCUT2D eigenvalue weighted by molar-refractivity contribution is 0.183. The Balaban J connectivity index is 2.71. The van der Waals surface area contributed by atoms with Crippen LogP contribution in [0.1, 0.15) is 93.9 Å². The van der Waals surface area contributed by atoms with Crippen LogP contribution in [0, 0.1) is 5.92 Å². The van der Waals surface area contributed by atoms with Crippen LogP contribution < -0.4 is 0 Å². The summed E-state index contributed by atoms with van der Waals surface area (Å²) in [5.74, 6) is 0.970. The first kappa shape index (κ1) is 22.4. The summed E-state index contributed by atoms with van der Waals surface area (Å²) in [6.07, 6.45) is 8.36. The fraction of sp³-hybridized carbons (Fsp3) is 1.00. The molecule has 1 saturated carbocycles. The molecular weight excluding hydrogens is 315 g/mol. The Hall–Kier alpha value is 0.310. The van der Waals surface area contributed by atoms with Gasteiger partial charge in [0.25, 0.3) is 0 Å². The van der Waals surface area contributed by atoms with Crippen molar-refractivity contribution in [3.05, 3.63) is 0 Å². The summed E-state index contributed by atoms with van der Waals surface area (Å²) >= 11 is 0. The van der Waals surface area contributed by atoms with Crippen LogP contribution in [0.3, 0.4) is 0 Å². The first-order valence-corrected chi connectivity index (χ1v) is 11.4. The Morgan fingerprint density at radius 1 is 0.792 bits per heavy atom. The molecule has 1 rings (SSSR count). The van der Waals surface area contributed by atoms with Crippen LogP contribution in [-0.2, 0) is 4.52 Å². The second kappa shape index (κ2) is 11.1. The monoisotopic (exact) mass is 358 g/mol. The van der Waals surface area contributed by atoms with E-state index in [2.05, 4.69) is 64.7 Å². The van der Waals surface area contributed by atoms with Crippen molar-refractivity contribution in [2.24, 2.45) is 5.92 Å². The van der Waals surface area contributed by atoms with Crippen molar-refractivity contribution in [2.75, 3.05) is 6.61 Å². The van der Waals surface area contributed by atoms with E-state index in [9.17, 15) is 0 Å². The Morgan fingerprint density at radius 3 is 1.58 bits per heavy atom. The predicted octanol–water partition coefficient (Wildman–Crippen LogP) is 6.44. The average Bonchev–Trinajstić information content (AvgIpc) is 2.94. The van der Waals surface area contributed by atoms with E-state index in [0.717, 1.165) is 12.5 Å². The smallest absolute Gasteiger partial charge is 0.188 e. The van der Waals surface area contributed by atoms with Crippen LogP contribution in [-0.4, -0.2) is 40.1 Å². The van der Waals surface area contributed by atoms with E-state index < -0.39 is 8.45 Å². The van der Waals surface area contributed by atoms with Crippen LogP contribution in [0.5, 0.6) is 0 Å². The highest BCUT2D eigenvalue weighted by Crippen LogP contribution is 2.50. The van der Waals surface area contributed by atoms with Gasteiger partial charge in [-0.3, -0.25) is 0 Å². The van der Waals surface area contributed by atoms with Crippen LogP contribution in [0.15, 0.2) is 0 Å². The molecule has 0 atom stereocenters. The van der Waals surface area contributed by atoms with E-state index in [1.165, 1.54) is 38.5 Å². The maximum atomic E-state index is 6.59. The number of nitrogens with zero attached hydrogens (tertiary/aromatic N) is 2. The molecule has 0 aromatic carbocycles. The Bertz CT molecular complexity index is 292. The van der Waals surface area contributed by atoms with Gasteiger partial charge in [-0.15, -0.1) is 0 Å². The second-order valence-electron chi connectivity index (χ2n) is 8.51. The maximum absolute atomic E-state index is 6.59. The first-order chi connectivity index (χ1) is 11.3. The van der Waals surface area contributed by atoms with Crippen LogP contribution in [0.2, 0.25) is 0 Å². The molecule has 0 aromatic heterocycles. The zero-order valence-electron chi connectivity index (χ0n) is 17.6. The van der Waals surface area contributed by atoms with Crippen LogP contribution in [0.25, 0.3) is 0 Å². The minimum Gasteiger partial charge on any atom is -0.331 e. The van der Waals surface area contributed by atoms with Crippen LogP contribution in [0.4, 0.5) is 0 Å². The Kier molecular flexibility index (Phi) is 10.4. The molecule has 1 aliphatic carbocycles. The van der Waals surface area contributed by atoms with E-state index in [1.807, 2.05) is 0 Å². The second-order valence-corrected chi connectivity index (χ2v) is 10.2. The minimum absolute atomic E-state index is 0.506. The predicted molar refractivity (Wildman–Crippen MR) is 108 cm³/mol. The fourth-order valence-electron chi connectivity index (χ4n) is 4.05. The number of hydrogen-bond donors (Lipinski definition) is 0. The highest BCUT2D eigenvalue weighted by molar-refractivity contribution is 7.47. The fourth-order valence-corrected chi connectivity index (χ4v) is 6.43. The summed E-state index contributed by atoms with van der Waals surface area (Å²) in [6, 6.07) is 2.02. The molecule has 3 nitrogen and oxygen atoms in total. The highest BCUT2D eigenvalue weighted by Gasteiger charge is 2.34. The van der Waals surface area contributed by atoms with E-state index in [-0.39, 0.29) is 0 Å². The van der Waals surface area contributed by atoms with Gasteiger partial charge >= 0.3 is 0 Å². The van der Waals surface area contributed by atoms with Crippen molar-refractivity contribution in [3.8, 4) is 0 Å². The lowest BCUT2D eigenvalue weighted by Gasteiger charge is -2.45.